The van der Waals surface area contributed by atoms with E-state index in [2.05, 4.69) is 16.3 Å². The van der Waals surface area contributed by atoms with Crippen molar-refractivity contribution in [1.82, 2.24) is 5.32 Å². The maximum absolute atomic E-state index is 12.1. The molecule has 1 aliphatic rings. The molecule has 1 aliphatic heterocycles. The fourth-order valence-corrected chi connectivity index (χ4v) is 5.94. The van der Waals surface area contributed by atoms with Gasteiger partial charge in [0.1, 0.15) is 4.90 Å². The zero-order valence-corrected chi connectivity index (χ0v) is 18.2. The molecule has 0 bridgehead atoms. The topological polar surface area (TPSA) is 75.4 Å². The van der Waals surface area contributed by atoms with Gasteiger partial charge in [-0.25, -0.2) is 13.6 Å². The number of rotatable bonds is 3. The molecule has 152 valence electrons. The molecule has 0 aromatic heterocycles. The van der Waals surface area contributed by atoms with Gasteiger partial charge in [-0.05, 0) is 35.6 Å². The van der Waals surface area contributed by atoms with Crippen LogP contribution in [0.5, 0.6) is 0 Å². The van der Waals surface area contributed by atoms with E-state index in [-0.39, 0.29) is 9.92 Å². The van der Waals surface area contributed by atoms with Gasteiger partial charge in [0.05, 0.1) is 10.0 Å². The van der Waals surface area contributed by atoms with Crippen LogP contribution < -0.4 is 15.4 Å². The number of primary sulfonamides is 1. The van der Waals surface area contributed by atoms with E-state index in [1.807, 2.05) is 30.3 Å². The van der Waals surface area contributed by atoms with Crippen LogP contribution >= 0.6 is 23.2 Å². The fraction of sp³-hybridized carbons (Fsp3) is 0.238. The molecule has 0 saturated carbocycles. The predicted molar refractivity (Wildman–Crippen MR) is 121 cm³/mol. The summed E-state index contributed by atoms with van der Waals surface area (Å²) in [5.74, 6) is 0. The van der Waals surface area contributed by atoms with Gasteiger partial charge in [-0.2, -0.15) is 0 Å². The standard InChI is InChI=1S/C21H21Cl2N3O2S/c1-13-12-17(22)19(20(23)21(13)29(24,27)28)16-6-7-18(26-10-8-25-9-11-26)15-5-3-2-4-14(15)16/h2-7,12,25H,8-11H2,1H3,(H2,24,27,28). The van der Waals surface area contributed by atoms with E-state index in [0.29, 0.717) is 16.1 Å². The van der Waals surface area contributed by atoms with Gasteiger partial charge in [0, 0.05) is 42.8 Å². The van der Waals surface area contributed by atoms with Crippen molar-refractivity contribution in [2.24, 2.45) is 5.14 Å². The third kappa shape index (κ3) is 3.71. The van der Waals surface area contributed by atoms with Crippen LogP contribution in [0, 0.1) is 6.92 Å². The van der Waals surface area contributed by atoms with E-state index in [9.17, 15) is 8.42 Å². The van der Waals surface area contributed by atoms with Gasteiger partial charge in [-0.3, -0.25) is 0 Å². The van der Waals surface area contributed by atoms with E-state index in [4.69, 9.17) is 28.3 Å². The van der Waals surface area contributed by atoms with Crippen LogP contribution in [-0.4, -0.2) is 34.6 Å². The number of hydrogen-bond acceptors (Lipinski definition) is 4. The van der Waals surface area contributed by atoms with Crippen LogP contribution in [0.15, 0.2) is 47.4 Å². The lowest BCUT2D eigenvalue weighted by Gasteiger charge is -2.31. The van der Waals surface area contributed by atoms with E-state index >= 15 is 0 Å². The molecule has 3 aromatic rings. The third-order valence-corrected chi connectivity index (χ3v) is 7.15. The van der Waals surface area contributed by atoms with Gasteiger partial charge in [0.15, 0.2) is 0 Å². The normalized spacial score (nSPS) is 15.1. The molecule has 3 N–H and O–H groups in total. The Kier molecular flexibility index (Phi) is 5.48. The van der Waals surface area contributed by atoms with E-state index in [1.165, 1.54) is 0 Å². The van der Waals surface area contributed by atoms with Crippen molar-refractivity contribution in [3.63, 3.8) is 0 Å². The molecule has 1 fully saturated rings. The maximum atomic E-state index is 12.1. The maximum Gasteiger partial charge on any atom is 0.239 e. The molecule has 0 unspecified atom stereocenters. The van der Waals surface area contributed by atoms with E-state index in [0.717, 1.165) is 48.2 Å². The van der Waals surface area contributed by atoms with Crippen molar-refractivity contribution in [2.75, 3.05) is 31.1 Å². The summed E-state index contributed by atoms with van der Waals surface area (Å²) in [6, 6.07) is 13.6. The molecular weight excluding hydrogens is 429 g/mol. The van der Waals surface area contributed by atoms with Crippen molar-refractivity contribution >= 4 is 49.7 Å². The van der Waals surface area contributed by atoms with Crippen molar-refractivity contribution in [3.05, 3.63) is 58.1 Å². The number of nitrogens with two attached hydrogens (primary N) is 1. The average Bonchev–Trinajstić information content (AvgIpc) is 2.67. The molecule has 1 heterocycles. The zero-order chi connectivity index (χ0) is 20.8. The second-order valence-electron chi connectivity index (χ2n) is 7.15. The van der Waals surface area contributed by atoms with Crippen LogP contribution in [0.4, 0.5) is 5.69 Å². The number of nitrogens with one attached hydrogen (secondary N) is 1. The summed E-state index contributed by atoms with van der Waals surface area (Å²) in [7, 11) is -4.00. The Bertz CT molecular complexity index is 1210. The predicted octanol–water partition coefficient (Wildman–Crippen LogP) is 4.18. The van der Waals surface area contributed by atoms with Crippen LogP contribution in [0.3, 0.4) is 0 Å². The summed E-state index contributed by atoms with van der Waals surface area (Å²) >= 11 is 13.1. The molecule has 8 heteroatoms. The Balaban J connectivity index is 1.99. The molecule has 4 rings (SSSR count). The number of hydrogen-bond donors (Lipinski definition) is 2. The first-order valence-corrected chi connectivity index (χ1v) is 11.6. The first-order valence-electron chi connectivity index (χ1n) is 9.28. The number of benzene rings is 3. The number of halogens is 2. The smallest absolute Gasteiger partial charge is 0.239 e. The Morgan fingerprint density at radius 1 is 1.03 bits per heavy atom. The van der Waals surface area contributed by atoms with Crippen molar-refractivity contribution in [3.8, 4) is 11.1 Å². The molecule has 3 aromatic carbocycles. The highest BCUT2D eigenvalue weighted by molar-refractivity contribution is 7.89. The van der Waals surface area contributed by atoms with Gasteiger partial charge < -0.3 is 10.2 Å². The lowest BCUT2D eigenvalue weighted by molar-refractivity contribution is 0.590. The Hall–Kier alpha value is -1.83. The molecule has 0 amide bonds. The fourth-order valence-electron chi connectivity index (χ4n) is 4.00. The minimum Gasteiger partial charge on any atom is -0.368 e. The molecule has 0 atom stereocenters. The molecule has 1 saturated heterocycles. The second-order valence-corrected chi connectivity index (χ2v) is 9.44. The van der Waals surface area contributed by atoms with Gasteiger partial charge in [0.2, 0.25) is 10.0 Å². The van der Waals surface area contributed by atoms with Crippen molar-refractivity contribution in [2.45, 2.75) is 11.8 Å². The first kappa shape index (κ1) is 20.4. The minimum atomic E-state index is -4.00. The van der Waals surface area contributed by atoms with Crippen molar-refractivity contribution in [1.29, 1.82) is 0 Å². The lowest BCUT2D eigenvalue weighted by atomic mass is 9.95. The molecule has 5 nitrogen and oxygen atoms in total. The molecule has 0 aliphatic carbocycles. The highest BCUT2D eigenvalue weighted by atomic mass is 35.5. The summed E-state index contributed by atoms with van der Waals surface area (Å²) in [6.07, 6.45) is 0. The summed E-state index contributed by atoms with van der Waals surface area (Å²) < 4.78 is 24.3. The number of anilines is 1. The summed E-state index contributed by atoms with van der Waals surface area (Å²) in [6.45, 7) is 5.34. The van der Waals surface area contributed by atoms with Crippen LogP contribution in [0.1, 0.15) is 5.56 Å². The molecule has 0 spiro atoms. The lowest BCUT2D eigenvalue weighted by Crippen LogP contribution is -2.43. The van der Waals surface area contributed by atoms with Crippen LogP contribution in [0.2, 0.25) is 10.0 Å². The summed E-state index contributed by atoms with van der Waals surface area (Å²) in [5, 5.41) is 11.3. The zero-order valence-electron chi connectivity index (χ0n) is 15.9. The highest BCUT2D eigenvalue weighted by Gasteiger charge is 2.24. The summed E-state index contributed by atoms with van der Waals surface area (Å²) in [5.41, 5.74) is 2.82. The monoisotopic (exact) mass is 449 g/mol. The van der Waals surface area contributed by atoms with E-state index < -0.39 is 10.0 Å². The molecule has 0 radical (unpaired) electrons. The Morgan fingerprint density at radius 2 is 1.69 bits per heavy atom. The average molecular weight is 450 g/mol. The van der Waals surface area contributed by atoms with Crippen LogP contribution in [-0.2, 0) is 10.0 Å². The van der Waals surface area contributed by atoms with Crippen molar-refractivity contribution < 1.29 is 8.42 Å². The van der Waals surface area contributed by atoms with Crippen LogP contribution in [0.25, 0.3) is 21.9 Å². The third-order valence-electron chi connectivity index (χ3n) is 5.27. The molecular formula is C21H21Cl2N3O2S. The Morgan fingerprint density at radius 3 is 2.34 bits per heavy atom. The SMILES string of the molecule is Cc1cc(Cl)c(-c2ccc(N3CCNCC3)c3ccccc23)c(Cl)c1S(N)(=O)=O. The second kappa shape index (κ2) is 7.78. The number of aryl methyl sites for hydroxylation is 1. The van der Waals surface area contributed by atoms with Gasteiger partial charge in [-0.15, -0.1) is 0 Å². The highest BCUT2D eigenvalue weighted by Crippen LogP contribution is 2.44. The minimum absolute atomic E-state index is 0.0533. The summed E-state index contributed by atoms with van der Waals surface area (Å²) in [4.78, 5) is 2.25. The van der Waals surface area contributed by atoms with Gasteiger partial charge in [0.25, 0.3) is 0 Å². The van der Waals surface area contributed by atoms with Gasteiger partial charge >= 0.3 is 0 Å². The van der Waals surface area contributed by atoms with Gasteiger partial charge in [-0.1, -0.05) is 53.5 Å². The number of sulfonamides is 1. The number of piperazine rings is 1. The largest absolute Gasteiger partial charge is 0.368 e. The first-order chi connectivity index (χ1) is 13.8. The molecule has 29 heavy (non-hydrogen) atoms. The number of nitrogens with zero attached hydrogens (tertiary/aromatic N) is 1. The quantitative estimate of drug-likeness (QED) is 0.628. The van der Waals surface area contributed by atoms with E-state index in [1.54, 1.807) is 13.0 Å². The number of fused-ring (bicyclic) bond motifs is 1. The Labute approximate surface area is 180 Å².